The maximum Gasteiger partial charge on any atom is 0.338 e. The predicted octanol–water partition coefficient (Wildman–Crippen LogP) is 3.85. The number of carbonyl (C=O) groups is 2. The highest BCUT2D eigenvalue weighted by Crippen LogP contribution is 2.22. The maximum absolute atomic E-state index is 12.0. The minimum atomic E-state index is -0.537. The number of nitrogens with one attached hydrogen (secondary N) is 1. The van der Waals surface area contributed by atoms with Gasteiger partial charge in [-0.15, -0.1) is 0 Å². The summed E-state index contributed by atoms with van der Waals surface area (Å²) < 4.78 is 5.06. The smallest absolute Gasteiger partial charge is 0.338 e. The van der Waals surface area contributed by atoms with Gasteiger partial charge in [0.1, 0.15) is 0 Å². The molecule has 0 bridgehead atoms. The third-order valence-electron chi connectivity index (χ3n) is 3.84. The summed E-state index contributed by atoms with van der Waals surface area (Å²) in [4.78, 5) is 24.0. The highest BCUT2D eigenvalue weighted by molar-refractivity contribution is 5.95. The first-order valence-corrected chi connectivity index (χ1v) is 8.33. The monoisotopic (exact) mass is 350 g/mol. The molecule has 0 aliphatic heterocycles. The van der Waals surface area contributed by atoms with Crippen molar-refractivity contribution >= 4 is 17.6 Å². The number of ether oxygens (including phenoxy) is 1. The van der Waals surface area contributed by atoms with Crippen LogP contribution in [0.2, 0.25) is 0 Å². The van der Waals surface area contributed by atoms with Crippen LogP contribution in [0.15, 0.2) is 48.5 Å². The lowest BCUT2D eigenvalue weighted by molar-refractivity contribution is -0.119. The van der Waals surface area contributed by atoms with Crippen LogP contribution in [-0.2, 0) is 21.4 Å². The molecule has 1 amide bonds. The van der Waals surface area contributed by atoms with Crippen LogP contribution in [0.5, 0.6) is 0 Å². The van der Waals surface area contributed by atoms with Crippen LogP contribution in [0.4, 0.5) is 5.69 Å². The third kappa shape index (κ3) is 5.45. The molecule has 0 spiro atoms. The lowest BCUT2D eigenvalue weighted by atomic mass is 9.87. The summed E-state index contributed by atoms with van der Waals surface area (Å²) in [6, 6.07) is 16.2. The largest absolute Gasteiger partial charge is 0.452 e. The Bertz CT molecular complexity index is 810. The molecular weight excluding hydrogens is 328 g/mol. The van der Waals surface area contributed by atoms with Gasteiger partial charge in [-0.1, -0.05) is 45.0 Å². The average Bonchev–Trinajstić information content (AvgIpc) is 2.61. The Balaban J connectivity index is 1.86. The second kappa shape index (κ2) is 8.30. The minimum Gasteiger partial charge on any atom is -0.452 e. The van der Waals surface area contributed by atoms with Crippen molar-refractivity contribution in [3.63, 3.8) is 0 Å². The van der Waals surface area contributed by atoms with E-state index in [0.717, 1.165) is 11.1 Å². The van der Waals surface area contributed by atoms with Crippen LogP contribution in [0.1, 0.15) is 42.3 Å². The lowest BCUT2D eigenvalue weighted by Gasteiger charge is -2.18. The van der Waals surface area contributed by atoms with Gasteiger partial charge in [0.25, 0.3) is 5.91 Å². The number of hydrogen-bond acceptors (Lipinski definition) is 4. The van der Waals surface area contributed by atoms with E-state index >= 15 is 0 Å². The molecule has 0 aliphatic carbocycles. The van der Waals surface area contributed by atoms with Crippen molar-refractivity contribution in [2.45, 2.75) is 32.6 Å². The Morgan fingerprint density at radius 3 is 2.19 bits per heavy atom. The summed E-state index contributed by atoms with van der Waals surface area (Å²) in [6.07, 6.45) is 0.319. The summed E-state index contributed by atoms with van der Waals surface area (Å²) in [5.41, 5.74) is 2.99. The van der Waals surface area contributed by atoms with Crippen molar-refractivity contribution in [2.75, 3.05) is 11.9 Å². The summed E-state index contributed by atoms with van der Waals surface area (Å²) in [7, 11) is 0. The summed E-state index contributed by atoms with van der Waals surface area (Å²) in [6.45, 7) is 5.92. The number of anilines is 1. The van der Waals surface area contributed by atoms with Crippen LogP contribution in [0, 0.1) is 11.3 Å². The predicted molar refractivity (Wildman–Crippen MR) is 99.8 cm³/mol. The zero-order valence-corrected chi connectivity index (χ0v) is 15.2. The molecule has 0 aromatic heterocycles. The molecule has 0 atom stereocenters. The minimum absolute atomic E-state index is 0.00507. The van der Waals surface area contributed by atoms with Gasteiger partial charge in [0.05, 0.1) is 18.1 Å². The average molecular weight is 350 g/mol. The van der Waals surface area contributed by atoms with Crippen molar-refractivity contribution < 1.29 is 14.3 Å². The first kappa shape index (κ1) is 19.2. The van der Waals surface area contributed by atoms with Crippen molar-refractivity contribution in [2.24, 2.45) is 0 Å². The van der Waals surface area contributed by atoms with Crippen LogP contribution >= 0.6 is 0 Å². The van der Waals surface area contributed by atoms with Gasteiger partial charge < -0.3 is 10.1 Å². The quantitative estimate of drug-likeness (QED) is 0.831. The fourth-order valence-corrected chi connectivity index (χ4v) is 2.32. The molecule has 0 saturated heterocycles. The Morgan fingerprint density at radius 2 is 1.65 bits per heavy atom. The van der Waals surface area contributed by atoms with Gasteiger partial charge in [-0.25, -0.2) is 4.79 Å². The van der Waals surface area contributed by atoms with Crippen LogP contribution in [0.3, 0.4) is 0 Å². The number of nitrogens with zero attached hydrogens (tertiary/aromatic N) is 1. The van der Waals surface area contributed by atoms with E-state index in [0.29, 0.717) is 17.7 Å². The summed E-state index contributed by atoms with van der Waals surface area (Å²) >= 11 is 0. The van der Waals surface area contributed by atoms with E-state index in [1.54, 1.807) is 36.4 Å². The number of benzene rings is 2. The van der Waals surface area contributed by atoms with Crippen LogP contribution in [0.25, 0.3) is 0 Å². The van der Waals surface area contributed by atoms with Crippen molar-refractivity contribution in [3.8, 4) is 6.07 Å². The fourth-order valence-electron chi connectivity index (χ4n) is 2.32. The van der Waals surface area contributed by atoms with Gasteiger partial charge in [-0.2, -0.15) is 5.26 Å². The lowest BCUT2D eigenvalue weighted by Crippen LogP contribution is -2.21. The number of nitriles is 1. The zero-order valence-electron chi connectivity index (χ0n) is 15.2. The second-order valence-corrected chi connectivity index (χ2v) is 6.98. The molecule has 0 heterocycles. The Hall–Kier alpha value is -3.13. The van der Waals surface area contributed by atoms with E-state index in [1.807, 2.05) is 12.1 Å². The molecule has 5 heteroatoms. The van der Waals surface area contributed by atoms with Crippen LogP contribution in [-0.4, -0.2) is 18.5 Å². The zero-order chi connectivity index (χ0) is 19.2. The third-order valence-corrected chi connectivity index (χ3v) is 3.84. The molecule has 0 radical (unpaired) electrons. The van der Waals surface area contributed by atoms with E-state index in [4.69, 9.17) is 10.00 Å². The molecule has 0 fully saturated rings. The molecule has 0 unspecified atom stereocenters. The maximum atomic E-state index is 12.0. The molecule has 1 N–H and O–H groups in total. The molecule has 0 saturated carbocycles. The molecule has 134 valence electrons. The van der Waals surface area contributed by atoms with E-state index in [-0.39, 0.29) is 12.0 Å². The number of amides is 1. The van der Waals surface area contributed by atoms with E-state index < -0.39 is 11.9 Å². The Morgan fingerprint density at radius 1 is 1.04 bits per heavy atom. The van der Waals surface area contributed by atoms with Crippen LogP contribution < -0.4 is 5.32 Å². The highest BCUT2D eigenvalue weighted by atomic mass is 16.5. The first-order valence-electron chi connectivity index (χ1n) is 8.33. The summed E-state index contributed by atoms with van der Waals surface area (Å²) in [5.74, 6) is -0.956. The van der Waals surface area contributed by atoms with Gasteiger partial charge >= 0.3 is 5.97 Å². The molecule has 2 aromatic rings. The molecule has 2 rings (SSSR count). The van der Waals surface area contributed by atoms with Crippen molar-refractivity contribution in [3.05, 3.63) is 65.2 Å². The topological polar surface area (TPSA) is 79.2 Å². The molecule has 0 aliphatic rings. The van der Waals surface area contributed by atoms with Gasteiger partial charge in [0.15, 0.2) is 6.61 Å². The number of rotatable bonds is 5. The Labute approximate surface area is 153 Å². The highest BCUT2D eigenvalue weighted by Gasteiger charge is 2.15. The van der Waals surface area contributed by atoms with Crippen molar-refractivity contribution in [1.29, 1.82) is 5.26 Å². The van der Waals surface area contributed by atoms with E-state index in [9.17, 15) is 9.59 Å². The normalized spacial score (nSPS) is 10.7. The van der Waals surface area contributed by atoms with Gasteiger partial charge in [-0.3, -0.25) is 4.79 Å². The van der Waals surface area contributed by atoms with E-state index in [1.165, 1.54) is 0 Å². The standard InChI is InChI=1S/C21H22N2O3/c1-21(2,3)17-8-6-16(7-9-17)20(25)26-14-19(24)23-18-10-4-15(5-11-18)12-13-22/h4-11H,12,14H2,1-3H3,(H,23,24). The molecule has 2 aromatic carbocycles. The van der Waals surface area contributed by atoms with Crippen molar-refractivity contribution in [1.82, 2.24) is 0 Å². The molecule has 26 heavy (non-hydrogen) atoms. The summed E-state index contributed by atoms with van der Waals surface area (Å²) in [5, 5.41) is 11.3. The van der Waals surface area contributed by atoms with Gasteiger partial charge in [0, 0.05) is 5.69 Å². The SMILES string of the molecule is CC(C)(C)c1ccc(C(=O)OCC(=O)Nc2ccc(CC#N)cc2)cc1. The van der Waals surface area contributed by atoms with Gasteiger partial charge in [-0.05, 0) is 40.8 Å². The first-order chi connectivity index (χ1) is 12.3. The number of esters is 1. The van der Waals surface area contributed by atoms with E-state index in [2.05, 4.69) is 32.2 Å². The second-order valence-electron chi connectivity index (χ2n) is 6.98. The molecule has 5 nitrogen and oxygen atoms in total. The number of carbonyl (C=O) groups excluding carboxylic acids is 2. The van der Waals surface area contributed by atoms with Gasteiger partial charge in [0.2, 0.25) is 0 Å². The molecular formula is C21H22N2O3. The number of hydrogen-bond donors (Lipinski definition) is 1. The Kier molecular flexibility index (Phi) is 6.13. The fraction of sp³-hybridized carbons (Fsp3) is 0.286.